The highest BCUT2D eigenvalue weighted by Gasteiger charge is 2.31. The largest absolute Gasteiger partial charge is 0.416 e. The van der Waals surface area contributed by atoms with Crippen molar-refractivity contribution in [3.63, 3.8) is 0 Å². The number of hydrogen-bond donors (Lipinski definition) is 2. The molecule has 0 aliphatic carbocycles. The summed E-state index contributed by atoms with van der Waals surface area (Å²) in [5, 5.41) is 5.16. The maximum absolute atomic E-state index is 12.7. The Morgan fingerprint density at radius 1 is 1.35 bits per heavy atom. The lowest BCUT2D eigenvalue weighted by Crippen LogP contribution is -2.32. The van der Waals surface area contributed by atoms with Gasteiger partial charge in [-0.25, -0.2) is 4.98 Å². The first-order valence-electron chi connectivity index (χ1n) is 6.02. The second-order valence-corrected chi connectivity index (χ2v) is 4.14. The van der Waals surface area contributed by atoms with E-state index in [1.807, 2.05) is 0 Å². The molecule has 0 saturated carbocycles. The Balaban J connectivity index is 2.87. The third-order valence-corrected chi connectivity index (χ3v) is 2.73. The van der Waals surface area contributed by atoms with Gasteiger partial charge in [0.25, 0.3) is 0 Å². The second-order valence-electron chi connectivity index (χ2n) is 4.14. The van der Waals surface area contributed by atoms with Crippen LogP contribution >= 0.6 is 0 Å². The molecule has 0 aromatic carbocycles. The number of hydrogen-bond acceptors (Lipinski definition) is 4. The Labute approximate surface area is 115 Å². The van der Waals surface area contributed by atoms with E-state index in [0.29, 0.717) is 6.54 Å². The van der Waals surface area contributed by atoms with Gasteiger partial charge in [0.2, 0.25) is 5.91 Å². The quantitative estimate of drug-likeness (QED) is 0.871. The van der Waals surface area contributed by atoms with Gasteiger partial charge in [-0.15, -0.1) is 0 Å². The predicted molar refractivity (Wildman–Crippen MR) is 70.6 cm³/mol. The van der Waals surface area contributed by atoms with Gasteiger partial charge < -0.3 is 15.5 Å². The van der Waals surface area contributed by atoms with E-state index < -0.39 is 11.7 Å². The molecule has 5 nitrogen and oxygen atoms in total. The lowest BCUT2D eigenvalue weighted by molar-refractivity contribution is -0.137. The van der Waals surface area contributed by atoms with Crippen molar-refractivity contribution < 1.29 is 18.0 Å². The van der Waals surface area contributed by atoms with Crippen LogP contribution in [0.3, 0.4) is 0 Å². The van der Waals surface area contributed by atoms with Gasteiger partial charge in [-0.2, -0.15) is 13.2 Å². The maximum atomic E-state index is 12.7. The standard InChI is InChI=1S/C12H17F3N4O/c1-4-19(3)11(20)7-17-10-6-8(12(13,14)15)5-9(16-2)18-10/h5-6H,4,7H2,1-3H3,(H2,16,17,18). The molecule has 1 aromatic heterocycles. The normalized spacial score (nSPS) is 11.1. The molecule has 0 atom stereocenters. The lowest BCUT2D eigenvalue weighted by atomic mass is 10.2. The summed E-state index contributed by atoms with van der Waals surface area (Å²) in [6.45, 7) is 2.22. The molecule has 2 N–H and O–H groups in total. The van der Waals surface area contributed by atoms with E-state index in [9.17, 15) is 18.0 Å². The highest BCUT2D eigenvalue weighted by Crippen LogP contribution is 2.31. The molecule has 1 heterocycles. The van der Waals surface area contributed by atoms with Crippen LogP contribution in [0.2, 0.25) is 0 Å². The van der Waals surface area contributed by atoms with E-state index in [0.717, 1.165) is 12.1 Å². The van der Waals surface area contributed by atoms with Crippen LogP contribution in [0.4, 0.5) is 24.8 Å². The van der Waals surface area contributed by atoms with Crippen LogP contribution in [0.1, 0.15) is 12.5 Å². The molecule has 112 valence electrons. The van der Waals surface area contributed by atoms with E-state index in [4.69, 9.17) is 0 Å². The third-order valence-electron chi connectivity index (χ3n) is 2.73. The number of nitrogens with zero attached hydrogens (tertiary/aromatic N) is 2. The van der Waals surface area contributed by atoms with Gasteiger partial charge in [0.15, 0.2) is 0 Å². The number of rotatable bonds is 5. The van der Waals surface area contributed by atoms with Gasteiger partial charge in [-0.05, 0) is 19.1 Å². The fraction of sp³-hybridized carbons (Fsp3) is 0.500. The lowest BCUT2D eigenvalue weighted by Gasteiger charge is -2.16. The number of nitrogens with one attached hydrogen (secondary N) is 2. The zero-order chi connectivity index (χ0) is 15.3. The highest BCUT2D eigenvalue weighted by molar-refractivity contribution is 5.80. The van der Waals surface area contributed by atoms with E-state index in [1.54, 1.807) is 14.0 Å². The predicted octanol–water partition coefficient (Wildman–Crippen LogP) is 2.03. The fourth-order valence-corrected chi connectivity index (χ4v) is 1.39. The summed E-state index contributed by atoms with van der Waals surface area (Å²) in [7, 11) is 3.09. The molecule has 0 radical (unpaired) electrons. The SMILES string of the molecule is CCN(C)C(=O)CNc1cc(C(F)(F)F)cc(NC)n1. The molecule has 0 fully saturated rings. The van der Waals surface area contributed by atoms with Crippen molar-refractivity contribution in [3.05, 3.63) is 17.7 Å². The average molecular weight is 290 g/mol. The number of anilines is 2. The van der Waals surface area contributed by atoms with Crippen molar-refractivity contribution in [2.75, 3.05) is 37.8 Å². The molecule has 0 bridgehead atoms. The first-order chi connectivity index (χ1) is 9.27. The van der Waals surface area contributed by atoms with Crippen LogP contribution in [0, 0.1) is 0 Å². The van der Waals surface area contributed by atoms with Crippen LogP contribution in [0.15, 0.2) is 12.1 Å². The fourth-order valence-electron chi connectivity index (χ4n) is 1.39. The minimum absolute atomic E-state index is 0.00188. The van der Waals surface area contributed by atoms with Crippen LogP contribution in [0.25, 0.3) is 0 Å². The molecule has 8 heteroatoms. The molecule has 0 aliphatic heterocycles. The Bertz CT molecular complexity index is 476. The van der Waals surface area contributed by atoms with E-state index in [2.05, 4.69) is 15.6 Å². The van der Waals surface area contributed by atoms with Gasteiger partial charge in [0.05, 0.1) is 12.1 Å². The van der Waals surface area contributed by atoms with Crippen LogP contribution in [0.5, 0.6) is 0 Å². The molecular weight excluding hydrogens is 273 g/mol. The van der Waals surface area contributed by atoms with Crippen LogP contribution in [-0.2, 0) is 11.0 Å². The molecule has 0 aliphatic rings. The van der Waals surface area contributed by atoms with E-state index in [-0.39, 0.29) is 24.1 Å². The van der Waals surface area contributed by atoms with Crippen LogP contribution in [-0.4, -0.2) is 43.0 Å². The van der Waals surface area contributed by atoms with Gasteiger partial charge in [0, 0.05) is 20.6 Å². The topological polar surface area (TPSA) is 57.3 Å². The first-order valence-corrected chi connectivity index (χ1v) is 6.02. The minimum atomic E-state index is -4.46. The van der Waals surface area contributed by atoms with Crippen molar-refractivity contribution >= 4 is 17.5 Å². The van der Waals surface area contributed by atoms with E-state index in [1.165, 1.54) is 11.9 Å². The second kappa shape index (κ2) is 6.44. The molecule has 0 unspecified atom stereocenters. The number of alkyl halides is 3. The number of aromatic nitrogens is 1. The number of halogens is 3. The summed E-state index contributed by atoms with van der Waals surface area (Å²) in [4.78, 5) is 17.0. The van der Waals surface area contributed by atoms with Crippen molar-refractivity contribution in [1.29, 1.82) is 0 Å². The molecule has 20 heavy (non-hydrogen) atoms. The van der Waals surface area contributed by atoms with Crippen LogP contribution < -0.4 is 10.6 Å². The summed E-state index contributed by atoms with van der Waals surface area (Å²) >= 11 is 0. The zero-order valence-corrected chi connectivity index (χ0v) is 11.5. The molecular formula is C12H17F3N4O. The number of likely N-dealkylation sites (N-methyl/N-ethyl adjacent to an activating group) is 1. The molecule has 0 saturated heterocycles. The van der Waals surface area contributed by atoms with Gasteiger partial charge >= 0.3 is 6.18 Å². The minimum Gasteiger partial charge on any atom is -0.373 e. The molecule has 1 amide bonds. The third kappa shape index (κ3) is 4.29. The van der Waals surface area contributed by atoms with Crippen molar-refractivity contribution in [2.24, 2.45) is 0 Å². The highest BCUT2D eigenvalue weighted by atomic mass is 19.4. The van der Waals surface area contributed by atoms with Gasteiger partial charge in [-0.3, -0.25) is 4.79 Å². The molecule has 1 aromatic rings. The monoisotopic (exact) mass is 290 g/mol. The number of amides is 1. The maximum Gasteiger partial charge on any atom is 0.416 e. The average Bonchev–Trinajstić information content (AvgIpc) is 2.42. The summed E-state index contributed by atoms with van der Waals surface area (Å²) in [6, 6.07) is 1.78. The molecule has 1 rings (SSSR count). The Kier molecular flexibility index (Phi) is 5.18. The van der Waals surface area contributed by atoms with Crippen molar-refractivity contribution in [1.82, 2.24) is 9.88 Å². The first kappa shape index (κ1) is 16.1. The number of carbonyl (C=O) groups is 1. The van der Waals surface area contributed by atoms with Gasteiger partial charge in [0.1, 0.15) is 11.6 Å². The Hall–Kier alpha value is -1.99. The Morgan fingerprint density at radius 2 is 1.95 bits per heavy atom. The summed E-state index contributed by atoms with van der Waals surface area (Å²) < 4.78 is 38.1. The smallest absolute Gasteiger partial charge is 0.373 e. The Morgan fingerprint density at radius 3 is 2.45 bits per heavy atom. The zero-order valence-electron chi connectivity index (χ0n) is 11.5. The van der Waals surface area contributed by atoms with Crippen molar-refractivity contribution in [3.8, 4) is 0 Å². The summed E-state index contributed by atoms with van der Waals surface area (Å²) in [6.07, 6.45) is -4.46. The summed E-state index contributed by atoms with van der Waals surface area (Å²) in [5.74, 6) is -0.140. The molecule has 0 spiro atoms. The van der Waals surface area contributed by atoms with Crippen molar-refractivity contribution in [2.45, 2.75) is 13.1 Å². The van der Waals surface area contributed by atoms with E-state index >= 15 is 0 Å². The number of pyridine rings is 1. The number of carbonyl (C=O) groups excluding carboxylic acids is 1. The van der Waals surface area contributed by atoms with Gasteiger partial charge in [-0.1, -0.05) is 0 Å². The summed E-state index contributed by atoms with van der Waals surface area (Å²) in [5.41, 5.74) is -0.823.